The summed E-state index contributed by atoms with van der Waals surface area (Å²) in [6, 6.07) is 5.45. The number of hydrogen-bond donors (Lipinski definition) is 3. The predicted octanol–water partition coefficient (Wildman–Crippen LogP) is 2.65. The molecule has 29 heavy (non-hydrogen) atoms. The van der Waals surface area contributed by atoms with Crippen LogP contribution in [0.1, 0.15) is 55.1 Å². The van der Waals surface area contributed by atoms with Gasteiger partial charge in [0, 0.05) is 48.4 Å². The number of aliphatic hydroxyl groups excluding tert-OH is 1. The van der Waals surface area contributed by atoms with Gasteiger partial charge >= 0.3 is 0 Å². The van der Waals surface area contributed by atoms with E-state index in [4.69, 9.17) is 5.73 Å². The van der Waals surface area contributed by atoms with Crippen LogP contribution in [-0.2, 0) is 4.79 Å². The Morgan fingerprint density at radius 1 is 1.31 bits per heavy atom. The molecule has 1 saturated carbocycles. The van der Waals surface area contributed by atoms with Gasteiger partial charge in [0.2, 0.25) is 11.8 Å². The van der Waals surface area contributed by atoms with Gasteiger partial charge in [0.15, 0.2) is 0 Å². The topological polar surface area (TPSA) is 95.7 Å². The Balaban J connectivity index is 1.78. The number of aliphatic hydroxyl groups is 1. The van der Waals surface area contributed by atoms with Gasteiger partial charge in [0.25, 0.3) is 0 Å². The molecular formula is C23H29N3O3. The van der Waals surface area contributed by atoms with Crippen LogP contribution >= 0.6 is 0 Å². The van der Waals surface area contributed by atoms with Crippen molar-refractivity contribution in [2.24, 2.45) is 23.5 Å². The van der Waals surface area contributed by atoms with Crippen LogP contribution in [0.25, 0.3) is 0 Å². The first-order valence-corrected chi connectivity index (χ1v) is 10.4. The number of rotatable bonds is 5. The van der Waals surface area contributed by atoms with E-state index in [-0.39, 0.29) is 36.4 Å². The largest absolute Gasteiger partial charge is 0.396 e. The third-order valence-corrected chi connectivity index (χ3v) is 6.42. The van der Waals surface area contributed by atoms with Crippen molar-refractivity contribution in [1.82, 2.24) is 5.32 Å². The lowest BCUT2D eigenvalue weighted by atomic mass is 9.79. The fourth-order valence-corrected chi connectivity index (χ4v) is 4.87. The highest BCUT2D eigenvalue weighted by atomic mass is 16.3. The molecule has 2 amide bonds. The number of benzene rings is 1. The summed E-state index contributed by atoms with van der Waals surface area (Å²) >= 11 is 0. The lowest BCUT2D eigenvalue weighted by molar-refractivity contribution is -0.117. The van der Waals surface area contributed by atoms with E-state index in [1.165, 1.54) is 0 Å². The Morgan fingerprint density at radius 3 is 2.69 bits per heavy atom. The summed E-state index contributed by atoms with van der Waals surface area (Å²) in [5.74, 6) is 0.312. The van der Waals surface area contributed by atoms with Crippen molar-refractivity contribution in [2.45, 2.75) is 45.2 Å². The highest BCUT2D eigenvalue weighted by Gasteiger charge is 2.47. The van der Waals surface area contributed by atoms with Crippen LogP contribution in [0.4, 0.5) is 5.69 Å². The fraction of sp³-hybridized carbons (Fsp3) is 0.478. The summed E-state index contributed by atoms with van der Waals surface area (Å²) in [5.41, 5.74) is 8.72. The van der Waals surface area contributed by atoms with Gasteiger partial charge < -0.3 is 21.1 Å². The summed E-state index contributed by atoms with van der Waals surface area (Å²) in [4.78, 5) is 26.3. The van der Waals surface area contributed by atoms with E-state index in [9.17, 15) is 14.7 Å². The van der Waals surface area contributed by atoms with Crippen LogP contribution in [0.2, 0.25) is 0 Å². The Morgan fingerprint density at radius 2 is 2.07 bits per heavy atom. The number of anilines is 1. The van der Waals surface area contributed by atoms with Crippen LogP contribution in [0.3, 0.4) is 0 Å². The standard InChI is InChI=1S/C23H29N3O3/c1-13-21(25-18-5-3-4-15(10-18)12-27)19-11-17(23(24)29)8-9-20(19)26(14(2)28)22(13)16-6-7-16/h3,5,8-11,13,15-16,21-22,25,27H,4,6-7,12H2,1-2H3,(H2,24,29)/t13-,15?,21-,22-/m1/s1. The number of fused-ring (bicyclic) bond motifs is 1. The number of carbonyl (C=O) groups is 2. The second-order valence-corrected chi connectivity index (χ2v) is 8.54. The van der Waals surface area contributed by atoms with Crippen molar-refractivity contribution in [3.05, 3.63) is 53.3 Å². The number of hydrogen-bond acceptors (Lipinski definition) is 4. The quantitative estimate of drug-likeness (QED) is 0.714. The van der Waals surface area contributed by atoms with E-state index in [2.05, 4.69) is 24.4 Å². The molecule has 4 rings (SSSR count). The van der Waals surface area contributed by atoms with E-state index in [0.717, 1.165) is 36.2 Å². The van der Waals surface area contributed by atoms with Crippen LogP contribution < -0.4 is 16.0 Å². The number of primary amides is 1. The second-order valence-electron chi connectivity index (χ2n) is 8.54. The zero-order chi connectivity index (χ0) is 20.7. The Hall–Kier alpha value is -2.60. The third kappa shape index (κ3) is 3.69. The number of carbonyl (C=O) groups excluding carboxylic acids is 2. The Labute approximate surface area is 171 Å². The van der Waals surface area contributed by atoms with Crippen LogP contribution in [0, 0.1) is 17.8 Å². The number of allylic oxidation sites excluding steroid dienone is 2. The maximum Gasteiger partial charge on any atom is 0.248 e. The Bertz CT molecular complexity index is 887. The lowest BCUT2D eigenvalue weighted by Crippen LogP contribution is -2.52. The minimum atomic E-state index is -0.477. The molecule has 1 heterocycles. The average Bonchev–Trinajstić information content (AvgIpc) is 3.54. The van der Waals surface area contributed by atoms with Gasteiger partial charge in [0.1, 0.15) is 0 Å². The molecule has 0 spiro atoms. The van der Waals surface area contributed by atoms with Crippen molar-refractivity contribution in [3.8, 4) is 0 Å². The van der Waals surface area contributed by atoms with Crippen LogP contribution in [0.5, 0.6) is 0 Å². The van der Waals surface area contributed by atoms with Gasteiger partial charge in [-0.2, -0.15) is 0 Å². The minimum Gasteiger partial charge on any atom is -0.396 e. The number of nitrogens with zero attached hydrogens (tertiary/aromatic N) is 1. The minimum absolute atomic E-state index is 0.0254. The van der Waals surface area contributed by atoms with E-state index < -0.39 is 5.91 Å². The molecule has 1 fully saturated rings. The fourth-order valence-electron chi connectivity index (χ4n) is 4.87. The molecule has 4 atom stereocenters. The molecule has 1 aromatic rings. The summed E-state index contributed by atoms with van der Waals surface area (Å²) in [7, 11) is 0. The van der Waals surface area contributed by atoms with Gasteiger partial charge in [0.05, 0.1) is 6.04 Å². The number of nitrogens with one attached hydrogen (secondary N) is 1. The van der Waals surface area contributed by atoms with Crippen molar-refractivity contribution in [1.29, 1.82) is 0 Å². The average molecular weight is 396 g/mol. The zero-order valence-corrected chi connectivity index (χ0v) is 17.0. The van der Waals surface area contributed by atoms with Crippen molar-refractivity contribution >= 4 is 17.5 Å². The first-order valence-electron chi connectivity index (χ1n) is 10.4. The third-order valence-electron chi connectivity index (χ3n) is 6.42. The SMILES string of the molecule is CC(=O)N1c2ccc(C(N)=O)cc2[C@H](NC2=CC(CO)CC=C2)[C@@H](C)[C@@H]1C1CC1. The van der Waals surface area contributed by atoms with Gasteiger partial charge in [-0.3, -0.25) is 9.59 Å². The summed E-state index contributed by atoms with van der Waals surface area (Å²) in [5, 5.41) is 13.2. The molecule has 0 bridgehead atoms. The highest BCUT2D eigenvalue weighted by Crippen LogP contribution is 2.49. The molecule has 2 aliphatic carbocycles. The molecule has 3 aliphatic rings. The van der Waals surface area contributed by atoms with Gasteiger partial charge in [-0.25, -0.2) is 0 Å². The molecule has 0 aromatic heterocycles. The van der Waals surface area contributed by atoms with E-state index in [1.54, 1.807) is 13.0 Å². The van der Waals surface area contributed by atoms with Crippen LogP contribution in [-0.4, -0.2) is 29.6 Å². The van der Waals surface area contributed by atoms with E-state index in [1.807, 2.05) is 23.1 Å². The molecule has 1 unspecified atom stereocenters. The van der Waals surface area contributed by atoms with Crippen molar-refractivity contribution < 1.29 is 14.7 Å². The monoisotopic (exact) mass is 395 g/mol. The lowest BCUT2D eigenvalue weighted by Gasteiger charge is -2.46. The molecule has 0 saturated heterocycles. The highest BCUT2D eigenvalue weighted by molar-refractivity contribution is 5.97. The van der Waals surface area contributed by atoms with Crippen molar-refractivity contribution in [3.63, 3.8) is 0 Å². The first-order chi connectivity index (χ1) is 13.9. The van der Waals surface area contributed by atoms with E-state index in [0.29, 0.717) is 11.5 Å². The number of amides is 2. The molecule has 0 radical (unpaired) electrons. The van der Waals surface area contributed by atoms with E-state index >= 15 is 0 Å². The second kappa shape index (κ2) is 7.67. The molecule has 154 valence electrons. The maximum absolute atomic E-state index is 12.6. The molecule has 1 aromatic carbocycles. The molecule has 6 heteroatoms. The molecule has 1 aliphatic heterocycles. The summed E-state index contributed by atoms with van der Waals surface area (Å²) in [6.45, 7) is 3.90. The predicted molar refractivity (Wildman–Crippen MR) is 112 cm³/mol. The van der Waals surface area contributed by atoms with Crippen molar-refractivity contribution in [2.75, 3.05) is 11.5 Å². The Kier molecular flexibility index (Phi) is 5.21. The molecule has 6 nitrogen and oxygen atoms in total. The molecule has 4 N–H and O–H groups in total. The normalized spacial score (nSPS) is 28.5. The summed E-state index contributed by atoms with van der Waals surface area (Å²) in [6.07, 6.45) is 9.27. The van der Waals surface area contributed by atoms with Gasteiger partial charge in [-0.1, -0.05) is 19.1 Å². The van der Waals surface area contributed by atoms with Crippen LogP contribution in [0.15, 0.2) is 42.1 Å². The first kappa shape index (κ1) is 19.7. The number of nitrogens with two attached hydrogens (primary N) is 1. The zero-order valence-electron chi connectivity index (χ0n) is 17.0. The smallest absolute Gasteiger partial charge is 0.248 e. The van der Waals surface area contributed by atoms with Gasteiger partial charge in [-0.05, 0) is 55.0 Å². The maximum atomic E-state index is 12.6. The molecular weight excluding hydrogens is 366 g/mol. The summed E-state index contributed by atoms with van der Waals surface area (Å²) < 4.78 is 0. The van der Waals surface area contributed by atoms with Gasteiger partial charge in [-0.15, -0.1) is 0 Å².